The second-order valence-corrected chi connectivity index (χ2v) is 6.90. The molecule has 0 radical (unpaired) electrons. The van der Waals surface area contributed by atoms with E-state index in [2.05, 4.69) is 22.8 Å². The molecule has 3 aliphatic rings. The molecule has 0 unspecified atom stereocenters. The van der Waals surface area contributed by atoms with Crippen LogP contribution < -0.4 is 10.6 Å². The Bertz CT molecular complexity index is 663. The molecule has 2 atom stereocenters. The van der Waals surface area contributed by atoms with Gasteiger partial charge in [0.1, 0.15) is 11.6 Å². The molecular formula is C18H23N3O3. The molecule has 0 bridgehead atoms. The van der Waals surface area contributed by atoms with E-state index in [0.717, 1.165) is 19.3 Å². The SMILES string of the molecule is O=C1NCCCC[C@@H]1NC(=O)N1CC[C@@]2(C1)OCc1ccccc12. The van der Waals surface area contributed by atoms with Crippen LogP contribution >= 0.6 is 0 Å². The fraction of sp³-hybridized carbons (Fsp3) is 0.556. The Balaban J connectivity index is 1.43. The van der Waals surface area contributed by atoms with Crippen molar-refractivity contribution in [3.8, 4) is 0 Å². The number of hydrogen-bond donors (Lipinski definition) is 2. The molecule has 2 fully saturated rings. The fourth-order valence-corrected chi connectivity index (χ4v) is 3.99. The summed E-state index contributed by atoms with van der Waals surface area (Å²) in [4.78, 5) is 26.4. The summed E-state index contributed by atoms with van der Waals surface area (Å²) in [6, 6.07) is 7.64. The third-order valence-corrected chi connectivity index (χ3v) is 5.36. The van der Waals surface area contributed by atoms with E-state index in [-0.39, 0.29) is 17.5 Å². The molecule has 128 valence electrons. The molecule has 1 aromatic carbocycles. The smallest absolute Gasteiger partial charge is 0.318 e. The first-order chi connectivity index (χ1) is 11.7. The molecular weight excluding hydrogens is 306 g/mol. The molecule has 0 aliphatic carbocycles. The lowest BCUT2D eigenvalue weighted by Gasteiger charge is -2.26. The minimum Gasteiger partial charge on any atom is -0.364 e. The van der Waals surface area contributed by atoms with Crippen molar-refractivity contribution < 1.29 is 14.3 Å². The lowest BCUT2D eigenvalue weighted by atomic mass is 9.92. The number of carbonyl (C=O) groups is 2. The van der Waals surface area contributed by atoms with Crippen molar-refractivity contribution in [2.24, 2.45) is 0 Å². The zero-order chi connectivity index (χ0) is 16.6. The summed E-state index contributed by atoms with van der Waals surface area (Å²) in [7, 11) is 0. The maximum Gasteiger partial charge on any atom is 0.318 e. The molecule has 6 nitrogen and oxygen atoms in total. The van der Waals surface area contributed by atoms with Crippen LogP contribution in [-0.2, 0) is 21.7 Å². The molecule has 3 amide bonds. The van der Waals surface area contributed by atoms with Crippen molar-refractivity contribution in [3.05, 3.63) is 35.4 Å². The first kappa shape index (κ1) is 15.4. The number of ether oxygens (including phenoxy) is 1. The first-order valence-corrected chi connectivity index (χ1v) is 8.73. The van der Waals surface area contributed by atoms with E-state index in [1.165, 1.54) is 11.1 Å². The van der Waals surface area contributed by atoms with Gasteiger partial charge in [-0.15, -0.1) is 0 Å². The monoisotopic (exact) mass is 329 g/mol. The van der Waals surface area contributed by atoms with E-state index in [1.807, 2.05) is 12.1 Å². The molecule has 1 aromatic rings. The van der Waals surface area contributed by atoms with Gasteiger partial charge in [-0.3, -0.25) is 4.79 Å². The summed E-state index contributed by atoms with van der Waals surface area (Å²) in [6.07, 6.45) is 3.42. The summed E-state index contributed by atoms with van der Waals surface area (Å²) in [5, 5.41) is 5.76. The average Bonchev–Trinajstić information content (AvgIpc) is 3.13. The van der Waals surface area contributed by atoms with Crippen LogP contribution in [-0.4, -0.2) is 42.5 Å². The van der Waals surface area contributed by atoms with E-state index in [4.69, 9.17) is 4.74 Å². The van der Waals surface area contributed by atoms with Gasteiger partial charge in [-0.2, -0.15) is 0 Å². The normalized spacial score (nSPS) is 29.2. The van der Waals surface area contributed by atoms with Gasteiger partial charge in [-0.1, -0.05) is 24.3 Å². The second-order valence-electron chi connectivity index (χ2n) is 6.90. The van der Waals surface area contributed by atoms with Crippen LogP contribution in [0.3, 0.4) is 0 Å². The first-order valence-electron chi connectivity index (χ1n) is 8.73. The summed E-state index contributed by atoms with van der Waals surface area (Å²) >= 11 is 0. The zero-order valence-corrected chi connectivity index (χ0v) is 13.7. The number of fused-ring (bicyclic) bond motifs is 2. The van der Waals surface area contributed by atoms with Gasteiger partial charge in [0.05, 0.1) is 13.2 Å². The van der Waals surface area contributed by atoms with Crippen LogP contribution in [0.5, 0.6) is 0 Å². The number of nitrogens with one attached hydrogen (secondary N) is 2. The number of carbonyl (C=O) groups excluding carboxylic acids is 2. The number of nitrogens with zero attached hydrogens (tertiary/aromatic N) is 1. The summed E-state index contributed by atoms with van der Waals surface area (Å²) < 4.78 is 6.08. The summed E-state index contributed by atoms with van der Waals surface area (Å²) in [5.74, 6) is -0.0720. The number of likely N-dealkylation sites (tertiary alicyclic amines) is 1. The Labute approximate surface area is 141 Å². The van der Waals surface area contributed by atoms with E-state index in [9.17, 15) is 9.59 Å². The molecule has 2 N–H and O–H groups in total. The topological polar surface area (TPSA) is 70.7 Å². The van der Waals surface area contributed by atoms with E-state index >= 15 is 0 Å². The number of amides is 3. The van der Waals surface area contributed by atoms with Crippen molar-refractivity contribution in [2.75, 3.05) is 19.6 Å². The third kappa shape index (κ3) is 2.65. The highest BCUT2D eigenvalue weighted by molar-refractivity contribution is 5.87. The number of hydrogen-bond acceptors (Lipinski definition) is 3. The van der Waals surface area contributed by atoms with Crippen LogP contribution in [0.1, 0.15) is 36.8 Å². The predicted octanol–water partition coefficient (Wildman–Crippen LogP) is 1.50. The molecule has 0 saturated carbocycles. The van der Waals surface area contributed by atoms with Gasteiger partial charge in [0, 0.05) is 19.5 Å². The standard InChI is InChI=1S/C18H23N3O3/c22-16-15(7-3-4-9-19-16)20-17(23)21-10-8-18(12-21)14-6-2-1-5-13(14)11-24-18/h1-2,5-6,15H,3-4,7-12H2,(H,19,22)(H,20,23)/t15-,18-/m0/s1. The molecule has 3 heterocycles. The molecule has 3 aliphatic heterocycles. The number of benzene rings is 1. The minimum atomic E-state index is -0.423. The Kier molecular flexibility index (Phi) is 3.92. The Morgan fingerprint density at radius 3 is 3.12 bits per heavy atom. The van der Waals surface area contributed by atoms with Crippen LogP contribution in [0.2, 0.25) is 0 Å². The van der Waals surface area contributed by atoms with E-state index in [0.29, 0.717) is 32.7 Å². The molecule has 4 rings (SSSR count). The van der Waals surface area contributed by atoms with Crippen molar-refractivity contribution in [1.29, 1.82) is 0 Å². The van der Waals surface area contributed by atoms with E-state index in [1.54, 1.807) is 4.90 Å². The molecule has 0 aromatic heterocycles. The van der Waals surface area contributed by atoms with Crippen LogP contribution in [0.15, 0.2) is 24.3 Å². The highest BCUT2D eigenvalue weighted by atomic mass is 16.5. The average molecular weight is 329 g/mol. The molecule has 24 heavy (non-hydrogen) atoms. The number of urea groups is 1. The van der Waals surface area contributed by atoms with Crippen molar-refractivity contribution in [2.45, 2.75) is 43.9 Å². The molecule has 2 saturated heterocycles. The maximum atomic E-state index is 12.6. The molecule has 1 spiro atoms. The van der Waals surface area contributed by atoms with Crippen molar-refractivity contribution >= 4 is 11.9 Å². The van der Waals surface area contributed by atoms with Crippen LogP contribution in [0.25, 0.3) is 0 Å². The maximum absolute atomic E-state index is 12.6. The number of rotatable bonds is 1. The fourth-order valence-electron chi connectivity index (χ4n) is 3.99. The third-order valence-electron chi connectivity index (χ3n) is 5.36. The van der Waals surface area contributed by atoms with Gasteiger partial charge >= 0.3 is 6.03 Å². The Hall–Kier alpha value is -2.08. The summed E-state index contributed by atoms with van der Waals surface area (Å²) in [6.45, 7) is 2.50. The van der Waals surface area contributed by atoms with Crippen molar-refractivity contribution in [3.63, 3.8) is 0 Å². The summed E-state index contributed by atoms with van der Waals surface area (Å²) in [5.41, 5.74) is 2.04. The van der Waals surface area contributed by atoms with Gasteiger partial charge in [0.2, 0.25) is 5.91 Å². The largest absolute Gasteiger partial charge is 0.364 e. The van der Waals surface area contributed by atoms with Crippen LogP contribution in [0.4, 0.5) is 4.79 Å². The minimum absolute atomic E-state index is 0.0720. The van der Waals surface area contributed by atoms with Gasteiger partial charge in [-0.05, 0) is 30.4 Å². The quantitative estimate of drug-likeness (QED) is 0.820. The lowest BCUT2D eigenvalue weighted by molar-refractivity contribution is -0.122. The van der Waals surface area contributed by atoms with Gasteiger partial charge in [-0.25, -0.2) is 4.79 Å². The Morgan fingerprint density at radius 2 is 2.21 bits per heavy atom. The van der Waals surface area contributed by atoms with Crippen molar-refractivity contribution in [1.82, 2.24) is 15.5 Å². The van der Waals surface area contributed by atoms with Gasteiger partial charge < -0.3 is 20.3 Å². The lowest BCUT2D eigenvalue weighted by Crippen LogP contribution is -2.50. The molecule has 6 heteroatoms. The van der Waals surface area contributed by atoms with E-state index < -0.39 is 6.04 Å². The van der Waals surface area contributed by atoms with Gasteiger partial charge in [0.25, 0.3) is 0 Å². The highest BCUT2D eigenvalue weighted by Crippen LogP contribution is 2.43. The predicted molar refractivity (Wildman–Crippen MR) is 88.3 cm³/mol. The Morgan fingerprint density at radius 1 is 1.33 bits per heavy atom. The highest BCUT2D eigenvalue weighted by Gasteiger charge is 2.47. The van der Waals surface area contributed by atoms with Gasteiger partial charge in [0.15, 0.2) is 0 Å². The second kappa shape index (κ2) is 6.09. The zero-order valence-electron chi connectivity index (χ0n) is 13.7. The van der Waals surface area contributed by atoms with Crippen LogP contribution in [0, 0.1) is 0 Å².